The van der Waals surface area contributed by atoms with Crippen molar-refractivity contribution in [2.75, 3.05) is 26.7 Å². The van der Waals surface area contributed by atoms with Gasteiger partial charge in [-0.25, -0.2) is 0 Å². The van der Waals surface area contributed by atoms with Gasteiger partial charge in [0, 0.05) is 24.7 Å². The van der Waals surface area contributed by atoms with E-state index in [1.807, 2.05) is 0 Å². The number of nitrogens with one attached hydrogen (secondary N) is 1. The predicted molar refractivity (Wildman–Crippen MR) is 83.2 cm³/mol. The Morgan fingerprint density at radius 3 is 2.81 bits per heavy atom. The first kappa shape index (κ1) is 15.8. The highest BCUT2D eigenvalue weighted by molar-refractivity contribution is 9.10. The smallest absolute Gasteiger partial charge is 0.251 e. The number of carbonyl (C=O) groups excluding carboxylic acids is 1. The molecule has 2 rings (SSSR count). The minimum Gasteiger partial charge on any atom is -0.496 e. The zero-order chi connectivity index (χ0) is 15.2. The molecule has 0 atom stereocenters. The first-order valence-electron chi connectivity index (χ1n) is 6.87. The number of hydrogen-bond acceptors (Lipinski definition) is 4. The second-order valence-electron chi connectivity index (χ2n) is 5.03. The third kappa shape index (κ3) is 4.19. The molecule has 0 saturated carbocycles. The number of ether oxygens (including phenoxy) is 1. The minimum atomic E-state index is -0.0721. The zero-order valence-corrected chi connectivity index (χ0v) is 13.5. The summed E-state index contributed by atoms with van der Waals surface area (Å²) in [5.41, 5.74) is 0.613. The van der Waals surface area contributed by atoms with Gasteiger partial charge in [-0.3, -0.25) is 9.69 Å². The molecule has 0 bridgehead atoms. The summed E-state index contributed by atoms with van der Waals surface area (Å²) in [6, 6.07) is 7.62. The number of nitriles is 1. The summed E-state index contributed by atoms with van der Waals surface area (Å²) in [4.78, 5) is 14.3. The summed E-state index contributed by atoms with van der Waals surface area (Å²) >= 11 is 3.38. The van der Waals surface area contributed by atoms with Crippen LogP contribution in [-0.4, -0.2) is 43.6 Å². The average molecular weight is 352 g/mol. The maximum atomic E-state index is 12.2. The molecule has 1 heterocycles. The highest BCUT2D eigenvalue weighted by Crippen LogP contribution is 2.25. The number of piperidine rings is 1. The number of likely N-dealkylation sites (tertiary alicyclic amines) is 1. The lowest BCUT2D eigenvalue weighted by molar-refractivity contribution is 0.0914. The summed E-state index contributed by atoms with van der Waals surface area (Å²) in [7, 11) is 1.59. The van der Waals surface area contributed by atoms with Crippen molar-refractivity contribution in [3.8, 4) is 11.8 Å². The van der Waals surface area contributed by atoms with E-state index in [1.54, 1.807) is 25.3 Å². The van der Waals surface area contributed by atoms with Gasteiger partial charge in [-0.15, -0.1) is 0 Å². The van der Waals surface area contributed by atoms with Gasteiger partial charge in [0.05, 0.1) is 24.2 Å². The van der Waals surface area contributed by atoms with Crippen molar-refractivity contribution in [3.63, 3.8) is 0 Å². The standard InChI is InChI=1S/C15H18BrN3O2/c1-21-14-3-2-11(10-13(14)16)15(20)18-12-4-7-19(8-5-12)9-6-17/h2-3,10,12H,4-5,7-9H2,1H3,(H,18,20). The molecule has 1 saturated heterocycles. The van der Waals surface area contributed by atoms with Crippen LogP contribution in [0.4, 0.5) is 0 Å². The van der Waals surface area contributed by atoms with E-state index in [0.29, 0.717) is 17.9 Å². The fourth-order valence-electron chi connectivity index (χ4n) is 2.41. The lowest BCUT2D eigenvalue weighted by atomic mass is 10.0. The third-order valence-electron chi connectivity index (χ3n) is 3.63. The molecule has 0 radical (unpaired) electrons. The maximum absolute atomic E-state index is 12.2. The molecule has 6 heteroatoms. The van der Waals surface area contributed by atoms with Crippen LogP contribution < -0.4 is 10.1 Å². The molecule has 112 valence electrons. The molecule has 1 aromatic carbocycles. The van der Waals surface area contributed by atoms with Crippen molar-refractivity contribution in [2.45, 2.75) is 18.9 Å². The molecular weight excluding hydrogens is 334 g/mol. The number of halogens is 1. The predicted octanol–water partition coefficient (Wildman–Crippen LogP) is 2.18. The molecular formula is C15H18BrN3O2. The monoisotopic (exact) mass is 351 g/mol. The SMILES string of the molecule is COc1ccc(C(=O)NC2CCN(CC#N)CC2)cc1Br. The fourth-order valence-corrected chi connectivity index (χ4v) is 2.95. The Morgan fingerprint density at radius 1 is 1.52 bits per heavy atom. The van der Waals surface area contributed by atoms with E-state index in [1.165, 1.54) is 0 Å². The van der Waals surface area contributed by atoms with Crippen molar-refractivity contribution in [1.29, 1.82) is 5.26 Å². The second kappa shape index (κ2) is 7.43. The molecule has 0 spiro atoms. The van der Waals surface area contributed by atoms with Crippen LogP contribution in [0.2, 0.25) is 0 Å². The molecule has 0 aliphatic carbocycles. The average Bonchev–Trinajstić information content (AvgIpc) is 2.49. The number of hydrogen-bond donors (Lipinski definition) is 1. The van der Waals surface area contributed by atoms with Gasteiger partial charge in [-0.1, -0.05) is 0 Å². The van der Waals surface area contributed by atoms with Crippen LogP contribution in [0, 0.1) is 11.3 Å². The normalized spacial score (nSPS) is 16.2. The summed E-state index contributed by atoms with van der Waals surface area (Å²) in [6.07, 6.45) is 1.76. The van der Waals surface area contributed by atoms with Gasteiger partial charge in [0.25, 0.3) is 5.91 Å². The van der Waals surface area contributed by atoms with E-state index in [2.05, 4.69) is 32.2 Å². The van der Waals surface area contributed by atoms with Crippen LogP contribution in [0.1, 0.15) is 23.2 Å². The van der Waals surface area contributed by atoms with E-state index >= 15 is 0 Å². The van der Waals surface area contributed by atoms with E-state index in [-0.39, 0.29) is 11.9 Å². The van der Waals surface area contributed by atoms with Crippen LogP contribution in [0.25, 0.3) is 0 Å². The first-order valence-corrected chi connectivity index (χ1v) is 7.67. The van der Waals surface area contributed by atoms with Gasteiger partial charge < -0.3 is 10.1 Å². The quantitative estimate of drug-likeness (QED) is 0.844. The van der Waals surface area contributed by atoms with Crippen molar-refractivity contribution >= 4 is 21.8 Å². The van der Waals surface area contributed by atoms with Gasteiger partial charge in [0.2, 0.25) is 0 Å². The van der Waals surface area contributed by atoms with E-state index < -0.39 is 0 Å². The summed E-state index contributed by atoms with van der Waals surface area (Å²) in [6.45, 7) is 2.17. The Bertz CT molecular complexity index is 548. The Balaban J connectivity index is 1.91. The summed E-state index contributed by atoms with van der Waals surface area (Å²) in [5, 5.41) is 11.7. The van der Waals surface area contributed by atoms with Crippen molar-refractivity contribution in [3.05, 3.63) is 28.2 Å². The molecule has 1 aliphatic rings. The van der Waals surface area contributed by atoms with Gasteiger partial charge in [0.1, 0.15) is 5.75 Å². The van der Waals surface area contributed by atoms with Gasteiger partial charge in [-0.2, -0.15) is 5.26 Å². The van der Waals surface area contributed by atoms with E-state index in [0.717, 1.165) is 30.4 Å². The van der Waals surface area contributed by atoms with Crippen molar-refractivity contribution < 1.29 is 9.53 Å². The highest BCUT2D eigenvalue weighted by Gasteiger charge is 2.21. The lowest BCUT2D eigenvalue weighted by Gasteiger charge is -2.30. The number of carbonyl (C=O) groups is 1. The van der Waals surface area contributed by atoms with Crippen LogP contribution >= 0.6 is 15.9 Å². The Labute approximate surface area is 133 Å². The molecule has 0 aromatic heterocycles. The number of amides is 1. The lowest BCUT2D eigenvalue weighted by Crippen LogP contribution is -2.44. The van der Waals surface area contributed by atoms with E-state index in [9.17, 15) is 4.79 Å². The molecule has 1 amide bonds. The van der Waals surface area contributed by atoms with Gasteiger partial charge in [0.15, 0.2) is 0 Å². The number of nitrogens with zero attached hydrogens (tertiary/aromatic N) is 2. The van der Waals surface area contributed by atoms with Crippen LogP contribution in [-0.2, 0) is 0 Å². The molecule has 0 unspecified atom stereocenters. The molecule has 5 nitrogen and oxygen atoms in total. The second-order valence-corrected chi connectivity index (χ2v) is 5.89. The summed E-state index contributed by atoms with van der Waals surface area (Å²) in [5.74, 6) is 0.633. The number of rotatable bonds is 4. The topological polar surface area (TPSA) is 65.4 Å². The number of methoxy groups -OCH3 is 1. The van der Waals surface area contributed by atoms with Crippen molar-refractivity contribution in [1.82, 2.24) is 10.2 Å². The molecule has 21 heavy (non-hydrogen) atoms. The van der Waals surface area contributed by atoms with Crippen LogP contribution in [0.3, 0.4) is 0 Å². The Hall–Kier alpha value is -1.58. The largest absolute Gasteiger partial charge is 0.496 e. The zero-order valence-electron chi connectivity index (χ0n) is 11.9. The molecule has 1 fully saturated rings. The number of benzene rings is 1. The van der Waals surface area contributed by atoms with Crippen molar-refractivity contribution in [2.24, 2.45) is 0 Å². The van der Waals surface area contributed by atoms with Gasteiger partial charge >= 0.3 is 0 Å². The van der Waals surface area contributed by atoms with Gasteiger partial charge in [-0.05, 0) is 47.0 Å². The molecule has 1 aromatic rings. The van der Waals surface area contributed by atoms with E-state index in [4.69, 9.17) is 10.00 Å². The molecule has 1 aliphatic heterocycles. The highest BCUT2D eigenvalue weighted by atomic mass is 79.9. The molecule has 1 N–H and O–H groups in total. The summed E-state index contributed by atoms with van der Waals surface area (Å²) < 4.78 is 5.92. The Morgan fingerprint density at radius 2 is 2.24 bits per heavy atom. The fraction of sp³-hybridized carbons (Fsp3) is 0.467. The van der Waals surface area contributed by atoms with Crippen LogP contribution in [0.15, 0.2) is 22.7 Å². The first-order chi connectivity index (χ1) is 10.1. The third-order valence-corrected chi connectivity index (χ3v) is 4.25. The Kier molecular flexibility index (Phi) is 5.59. The van der Waals surface area contributed by atoms with Crippen LogP contribution in [0.5, 0.6) is 5.75 Å². The minimum absolute atomic E-state index is 0.0721. The maximum Gasteiger partial charge on any atom is 0.251 e.